The van der Waals surface area contributed by atoms with E-state index >= 15 is 0 Å². The third kappa shape index (κ3) is 2.87. The monoisotopic (exact) mass is 382 g/mol. The van der Waals surface area contributed by atoms with Crippen molar-refractivity contribution in [1.82, 2.24) is 10.2 Å². The molecule has 0 bridgehead atoms. The van der Waals surface area contributed by atoms with Gasteiger partial charge in [0.25, 0.3) is 5.91 Å². The number of halogens is 1. The summed E-state index contributed by atoms with van der Waals surface area (Å²) in [5, 5.41) is 3.20. The number of amides is 1. The van der Waals surface area contributed by atoms with Crippen LogP contribution in [-0.2, 0) is 0 Å². The number of hydrogen-bond donors (Lipinski definition) is 1. The Morgan fingerprint density at radius 2 is 1.56 bits per heavy atom. The minimum Gasteiger partial charge on any atom is -0.320 e. The first kappa shape index (κ1) is 17.9. The average Bonchev–Trinajstić information content (AvgIpc) is 2.91. The van der Waals surface area contributed by atoms with Gasteiger partial charge in [-0.25, -0.2) is 0 Å². The van der Waals surface area contributed by atoms with E-state index in [0.717, 1.165) is 19.3 Å². The topological polar surface area (TPSA) is 66.5 Å². The highest BCUT2D eigenvalue weighted by molar-refractivity contribution is 6.34. The van der Waals surface area contributed by atoms with Crippen molar-refractivity contribution in [2.24, 2.45) is 0 Å². The van der Waals surface area contributed by atoms with Gasteiger partial charge in [-0.2, -0.15) is 0 Å². The summed E-state index contributed by atoms with van der Waals surface area (Å²) in [4.78, 5) is 41.5. The second-order valence-corrected chi connectivity index (χ2v) is 7.36. The van der Waals surface area contributed by atoms with Gasteiger partial charge in [0.15, 0.2) is 0 Å². The van der Waals surface area contributed by atoms with E-state index in [9.17, 15) is 14.4 Å². The zero-order valence-corrected chi connectivity index (χ0v) is 15.5. The zero-order valence-electron chi connectivity index (χ0n) is 14.7. The van der Waals surface area contributed by atoms with Crippen molar-refractivity contribution >= 4 is 29.1 Å². The molecule has 2 aromatic carbocycles. The van der Waals surface area contributed by atoms with Gasteiger partial charge in [0.2, 0.25) is 17.2 Å². The predicted molar refractivity (Wildman–Crippen MR) is 102 cm³/mol. The van der Waals surface area contributed by atoms with Crippen LogP contribution in [0.1, 0.15) is 50.3 Å². The molecule has 1 saturated heterocycles. The first-order valence-electron chi connectivity index (χ1n) is 9.06. The van der Waals surface area contributed by atoms with Gasteiger partial charge in [-0.3, -0.25) is 19.3 Å². The van der Waals surface area contributed by atoms with Gasteiger partial charge < -0.3 is 5.32 Å². The van der Waals surface area contributed by atoms with E-state index in [4.69, 9.17) is 11.6 Å². The van der Waals surface area contributed by atoms with Gasteiger partial charge in [-0.05, 0) is 31.0 Å². The van der Waals surface area contributed by atoms with E-state index in [1.54, 1.807) is 42.5 Å². The summed E-state index contributed by atoms with van der Waals surface area (Å²) in [5.74, 6) is -1.21. The minimum absolute atomic E-state index is 0.315. The van der Waals surface area contributed by atoms with Crippen molar-refractivity contribution in [3.63, 3.8) is 0 Å². The van der Waals surface area contributed by atoms with E-state index in [2.05, 4.69) is 5.32 Å². The van der Waals surface area contributed by atoms with Crippen LogP contribution in [0.2, 0.25) is 5.02 Å². The number of fused-ring (bicyclic) bond motifs is 1. The number of piperidine rings is 1. The van der Waals surface area contributed by atoms with Gasteiger partial charge in [0.05, 0.1) is 0 Å². The lowest BCUT2D eigenvalue weighted by atomic mass is 9.97. The van der Waals surface area contributed by atoms with E-state index in [0.29, 0.717) is 34.8 Å². The van der Waals surface area contributed by atoms with Gasteiger partial charge in [0.1, 0.15) is 0 Å². The van der Waals surface area contributed by atoms with E-state index in [1.165, 1.54) is 6.07 Å². The Labute approximate surface area is 162 Å². The number of nitrogens with zero attached hydrogens (tertiary/aromatic N) is 1. The Hall–Kier alpha value is -2.50. The highest BCUT2D eigenvalue weighted by Gasteiger charge is 2.58. The normalized spacial score (nSPS) is 19.0. The number of ketones is 2. The van der Waals surface area contributed by atoms with Crippen molar-refractivity contribution < 1.29 is 14.4 Å². The highest BCUT2D eigenvalue weighted by atomic mass is 35.5. The zero-order chi connectivity index (χ0) is 19.0. The fourth-order valence-electron chi connectivity index (χ4n) is 3.95. The third-order valence-corrected chi connectivity index (χ3v) is 5.52. The second kappa shape index (κ2) is 6.91. The molecule has 0 unspecified atom stereocenters. The minimum atomic E-state index is -1.68. The van der Waals surface area contributed by atoms with Gasteiger partial charge in [-0.15, -0.1) is 0 Å². The van der Waals surface area contributed by atoms with Crippen LogP contribution in [-0.4, -0.2) is 41.1 Å². The van der Waals surface area contributed by atoms with E-state index in [-0.39, 0.29) is 11.6 Å². The first-order valence-corrected chi connectivity index (χ1v) is 9.43. The Bertz CT molecular complexity index is 900. The van der Waals surface area contributed by atoms with Gasteiger partial charge in [-0.1, -0.05) is 48.4 Å². The van der Waals surface area contributed by atoms with Crippen LogP contribution >= 0.6 is 11.6 Å². The number of rotatable bonds is 3. The van der Waals surface area contributed by atoms with Crippen molar-refractivity contribution in [1.29, 1.82) is 0 Å². The fraction of sp³-hybridized carbons (Fsp3) is 0.286. The van der Waals surface area contributed by atoms with Crippen LogP contribution in [0.15, 0.2) is 48.5 Å². The van der Waals surface area contributed by atoms with Crippen LogP contribution < -0.4 is 5.32 Å². The smallest absolute Gasteiger partial charge is 0.253 e. The summed E-state index contributed by atoms with van der Waals surface area (Å²) < 4.78 is 0. The first-order chi connectivity index (χ1) is 13.0. The molecule has 5 nitrogen and oxygen atoms in total. The molecule has 2 aliphatic rings. The molecule has 27 heavy (non-hydrogen) atoms. The molecule has 0 atom stereocenters. The standard InChI is InChI=1S/C21H19ClN2O3/c22-15-8-6-7-14(13-15)20(27)23-21(24-11-4-1-5-12-24)18(25)16-9-2-3-10-17(16)19(21)26/h2-3,6-10,13H,1,4-5,11-12H2,(H,23,27). The van der Waals surface area contributed by atoms with Crippen molar-refractivity contribution in [2.45, 2.75) is 24.9 Å². The highest BCUT2D eigenvalue weighted by Crippen LogP contribution is 2.35. The maximum Gasteiger partial charge on any atom is 0.253 e. The van der Waals surface area contributed by atoms with Crippen LogP contribution in [0.5, 0.6) is 0 Å². The molecule has 2 aromatic rings. The maximum absolute atomic E-state index is 13.4. The Balaban J connectivity index is 1.78. The Morgan fingerprint density at radius 3 is 2.15 bits per heavy atom. The summed E-state index contributed by atoms with van der Waals surface area (Å²) in [6.45, 7) is 1.17. The molecule has 138 valence electrons. The summed E-state index contributed by atoms with van der Waals surface area (Å²) in [7, 11) is 0. The van der Waals surface area contributed by atoms with Crippen LogP contribution in [0.4, 0.5) is 0 Å². The molecule has 6 heteroatoms. The largest absolute Gasteiger partial charge is 0.320 e. The number of likely N-dealkylation sites (tertiary alicyclic amines) is 1. The summed E-state index contributed by atoms with van der Waals surface area (Å²) >= 11 is 5.99. The molecule has 1 N–H and O–H groups in total. The lowest BCUT2D eigenvalue weighted by Crippen LogP contribution is -2.68. The summed E-state index contributed by atoms with van der Waals surface area (Å²) in [6, 6.07) is 13.2. The van der Waals surface area contributed by atoms with Gasteiger partial charge >= 0.3 is 0 Å². The van der Waals surface area contributed by atoms with E-state index < -0.39 is 11.6 Å². The molecule has 0 saturated carbocycles. The molecule has 0 aromatic heterocycles. The maximum atomic E-state index is 13.4. The molecule has 1 heterocycles. The van der Waals surface area contributed by atoms with Crippen LogP contribution in [0, 0.1) is 0 Å². The van der Waals surface area contributed by atoms with Crippen LogP contribution in [0.3, 0.4) is 0 Å². The van der Waals surface area contributed by atoms with E-state index in [1.807, 2.05) is 4.90 Å². The molecule has 1 fully saturated rings. The molecular weight excluding hydrogens is 364 g/mol. The SMILES string of the molecule is O=C(NC1(N2CCCCC2)C(=O)c2ccccc2C1=O)c1cccc(Cl)c1. The third-order valence-electron chi connectivity index (χ3n) is 5.29. The van der Waals surface area contributed by atoms with Crippen LogP contribution in [0.25, 0.3) is 0 Å². The fourth-order valence-corrected chi connectivity index (χ4v) is 4.14. The predicted octanol–water partition coefficient (Wildman–Crippen LogP) is 3.33. The number of carbonyl (C=O) groups excluding carboxylic acids is 3. The summed E-state index contributed by atoms with van der Waals surface area (Å²) in [5.41, 5.74) is -0.641. The van der Waals surface area contributed by atoms with Crippen molar-refractivity contribution in [3.05, 3.63) is 70.2 Å². The number of benzene rings is 2. The molecule has 0 radical (unpaired) electrons. The molecule has 0 spiro atoms. The average molecular weight is 383 g/mol. The molecular formula is C21H19ClN2O3. The number of Topliss-reactive ketones (excluding diaryl/α,β-unsaturated/α-hetero) is 2. The summed E-state index contributed by atoms with van der Waals surface area (Å²) in [6.07, 6.45) is 2.81. The number of nitrogens with one attached hydrogen (secondary N) is 1. The van der Waals surface area contributed by atoms with Crippen molar-refractivity contribution in [2.75, 3.05) is 13.1 Å². The number of hydrogen-bond acceptors (Lipinski definition) is 4. The second-order valence-electron chi connectivity index (χ2n) is 6.93. The molecule has 1 aliphatic carbocycles. The Morgan fingerprint density at radius 1 is 0.926 bits per heavy atom. The lowest BCUT2D eigenvalue weighted by Gasteiger charge is -2.41. The molecule has 4 rings (SSSR count). The van der Waals surface area contributed by atoms with Gasteiger partial charge in [0, 0.05) is 34.8 Å². The molecule has 1 aliphatic heterocycles. The quantitative estimate of drug-likeness (QED) is 0.827. The molecule has 1 amide bonds. The lowest BCUT2D eigenvalue weighted by molar-refractivity contribution is 0.0304. The Kier molecular flexibility index (Phi) is 4.58. The van der Waals surface area contributed by atoms with Crippen molar-refractivity contribution in [3.8, 4) is 0 Å². The number of carbonyl (C=O) groups is 3.